The highest BCUT2D eigenvalue weighted by atomic mass is 35.5. The van der Waals surface area contributed by atoms with Gasteiger partial charge < -0.3 is 10.5 Å². The lowest BCUT2D eigenvalue weighted by molar-refractivity contribution is 0.0814. The van der Waals surface area contributed by atoms with Crippen molar-refractivity contribution in [1.29, 1.82) is 0 Å². The monoisotopic (exact) mass is 259 g/mol. The van der Waals surface area contributed by atoms with Gasteiger partial charge >= 0.3 is 0 Å². The van der Waals surface area contributed by atoms with E-state index in [1.165, 1.54) is 4.88 Å². The normalized spacial score (nSPS) is 27.2. The Kier molecular flexibility index (Phi) is 4.25. The first-order valence-electron chi connectivity index (χ1n) is 5.82. The average molecular weight is 260 g/mol. The highest BCUT2D eigenvalue weighted by Gasteiger charge is 2.31. The van der Waals surface area contributed by atoms with Crippen LogP contribution in [-0.2, 0) is 11.2 Å². The lowest BCUT2D eigenvalue weighted by Crippen LogP contribution is -2.36. The van der Waals surface area contributed by atoms with E-state index in [1.54, 1.807) is 11.3 Å². The number of ether oxygens (including phenoxy) is 1. The van der Waals surface area contributed by atoms with Crippen LogP contribution in [0.25, 0.3) is 0 Å². The molecule has 2 heterocycles. The zero-order valence-electron chi connectivity index (χ0n) is 9.49. The summed E-state index contributed by atoms with van der Waals surface area (Å²) in [5, 5.41) is 0. The van der Waals surface area contributed by atoms with E-state index >= 15 is 0 Å². The predicted molar refractivity (Wildman–Crippen MR) is 69.1 cm³/mol. The Balaban J connectivity index is 1.94. The van der Waals surface area contributed by atoms with Gasteiger partial charge in [-0.1, -0.05) is 18.5 Å². The van der Waals surface area contributed by atoms with E-state index in [4.69, 9.17) is 22.1 Å². The Labute approximate surface area is 106 Å². The Morgan fingerprint density at radius 1 is 1.62 bits per heavy atom. The van der Waals surface area contributed by atoms with Crippen molar-refractivity contribution in [1.82, 2.24) is 0 Å². The predicted octanol–water partition coefficient (Wildman–Crippen LogP) is 3.09. The van der Waals surface area contributed by atoms with E-state index in [0.29, 0.717) is 12.0 Å². The maximum atomic E-state index is 6.27. The van der Waals surface area contributed by atoms with Crippen molar-refractivity contribution in [2.45, 2.75) is 38.3 Å². The molecule has 4 heteroatoms. The molecule has 2 nitrogen and oxygen atoms in total. The van der Waals surface area contributed by atoms with Crippen LogP contribution in [0.4, 0.5) is 0 Å². The lowest BCUT2D eigenvalue weighted by atomic mass is 9.89. The van der Waals surface area contributed by atoms with Gasteiger partial charge in [0.25, 0.3) is 0 Å². The second-order valence-corrected chi connectivity index (χ2v) is 6.14. The van der Waals surface area contributed by atoms with Gasteiger partial charge in [-0.05, 0) is 31.4 Å². The third kappa shape index (κ3) is 2.77. The zero-order valence-corrected chi connectivity index (χ0v) is 11.1. The molecule has 2 N–H and O–H groups in total. The molecule has 0 spiro atoms. The smallest absolute Gasteiger partial charge is 0.0931 e. The van der Waals surface area contributed by atoms with Crippen molar-refractivity contribution >= 4 is 22.9 Å². The number of hydrogen-bond donors (Lipinski definition) is 1. The summed E-state index contributed by atoms with van der Waals surface area (Å²) < 4.78 is 6.52. The average Bonchev–Trinajstić information content (AvgIpc) is 2.86. The topological polar surface area (TPSA) is 35.2 Å². The van der Waals surface area contributed by atoms with Crippen molar-refractivity contribution in [3.8, 4) is 0 Å². The lowest BCUT2D eigenvalue weighted by Gasteiger charge is -2.23. The van der Waals surface area contributed by atoms with Gasteiger partial charge in [0, 0.05) is 23.4 Å². The molecule has 1 fully saturated rings. The van der Waals surface area contributed by atoms with Gasteiger partial charge in [-0.2, -0.15) is 0 Å². The first kappa shape index (κ1) is 12.4. The SMILES string of the molecule is CCC1OCCC1C(N)Cc1ccc(Cl)s1. The van der Waals surface area contributed by atoms with Crippen LogP contribution in [0.2, 0.25) is 4.34 Å². The number of nitrogens with two attached hydrogens (primary N) is 1. The maximum absolute atomic E-state index is 6.27. The number of halogens is 1. The van der Waals surface area contributed by atoms with E-state index in [9.17, 15) is 0 Å². The van der Waals surface area contributed by atoms with Crippen molar-refractivity contribution in [3.05, 3.63) is 21.3 Å². The molecule has 0 radical (unpaired) electrons. The summed E-state index contributed by atoms with van der Waals surface area (Å²) in [4.78, 5) is 1.28. The van der Waals surface area contributed by atoms with E-state index < -0.39 is 0 Å². The van der Waals surface area contributed by atoms with E-state index in [0.717, 1.165) is 30.2 Å². The third-order valence-corrected chi connectivity index (χ3v) is 4.53. The first-order chi connectivity index (χ1) is 7.70. The minimum absolute atomic E-state index is 0.196. The molecule has 3 unspecified atom stereocenters. The molecule has 3 atom stereocenters. The minimum atomic E-state index is 0.196. The molecule has 90 valence electrons. The number of thiophene rings is 1. The van der Waals surface area contributed by atoms with Crippen LogP contribution in [0.15, 0.2) is 12.1 Å². The Morgan fingerprint density at radius 2 is 2.44 bits per heavy atom. The quantitative estimate of drug-likeness (QED) is 0.902. The van der Waals surface area contributed by atoms with Gasteiger partial charge in [-0.15, -0.1) is 11.3 Å². The molecule has 1 aromatic rings. The van der Waals surface area contributed by atoms with Gasteiger partial charge in [0.05, 0.1) is 10.4 Å². The second kappa shape index (κ2) is 5.50. The zero-order chi connectivity index (χ0) is 11.5. The molecule has 0 aliphatic carbocycles. The van der Waals surface area contributed by atoms with Gasteiger partial charge in [0.15, 0.2) is 0 Å². The van der Waals surface area contributed by atoms with E-state index in [-0.39, 0.29) is 6.04 Å². The van der Waals surface area contributed by atoms with Crippen LogP contribution in [0.1, 0.15) is 24.6 Å². The van der Waals surface area contributed by atoms with Crippen LogP contribution >= 0.6 is 22.9 Å². The summed E-state index contributed by atoms with van der Waals surface area (Å²) in [7, 11) is 0. The molecule has 0 bridgehead atoms. The largest absolute Gasteiger partial charge is 0.378 e. The Bertz CT molecular complexity index is 342. The fourth-order valence-electron chi connectivity index (χ4n) is 2.42. The van der Waals surface area contributed by atoms with Gasteiger partial charge in [-0.3, -0.25) is 0 Å². The van der Waals surface area contributed by atoms with Crippen LogP contribution in [0, 0.1) is 5.92 Å². The van der Waals surface area contributed by atoms with E-state index in [2.05, 4.69) is 13.0 Å². The highest BCUT2D eigenvalue weighted by molar-refractivity contribution is 7.16. The van der Waals surface area contributed by atoms with Crippen LogP contribution in [0.5, 0.6) is 0 Å². The summed E-state index contributed by atoms with van der Waals surface area (Å²) in [5.74, 6) is 0.505. The molecule has 1 aliphatic heterocycles. The fourth-order valence-corrected chi connectivity index (χ4v) is 3.58. The van der Waals surface area contributed by atoms with Gasteiger partial charge in [0.1, 0.15) is 0 Å². The molecule has 2 rings (SSSR count). The Morgan fingerprint density at radius 3 is 3.06 bits per heavy atom. The molecule has 1 aliphatic rings. The van der Waals surface area contributed by atoms with Gasteiger partial charge in [0.2, 0.25) is 0 Å². The summed E-state index contributed by atoms with van der Waals surface area (Å²) in [6, 6.07) is 4.21. The fraction of sp³-hybridized carbons (Fsp3) is 0.667. The van der Waals surface area contributed by atoms with Crippen LogP contribution in [-0.4, -0.2) is 18.8 Å². The number of rotatable bonds is 4. The van der Waals surface area contributed by atoms with E-state index in [1.807, 2.05) is 6.07 Å². The van der Waals surface area contributed by atoms with Crippen molar-refractivity contribution in [2.24, 2.45) is 11.7 Å². The highest BCUT2D eigenvalue weighted by Crippen LogP contribution is 2.29. The third-order valence-electron chi connectivity index (χ3n) is 3.28. The van der Waals surface area contributed by atoms with Crippen LogP contribution < -0.4 is 5.73 Å². The molecule has 1 aromatic heterocycles. The molecular formula is C12H18ClNOS. The second-order valence-electron chi connectivity index (χ2n) is 4.34. The molecule has 16 heavy (non-hydrogen) atoms. The molecular weight excluding hydrogens is 242 g/mol. The summed E-state index contributed by atoms with van der Waals surface area (Å²) in [5.41, 5.74) is 6.27. The molecule has 1 saturated heterocycles. The Hall–Kier alpha value is -0.0900. The van der Waals surface area contributed by atoms with Crippen LogP contribution in [0.3, 0.4) is 0 Å². The summed E-state index contributed by atoms with van der Waals surface area (Å²) in [6.45, 7) is 3.03. The summed E-state index contributed by atoms with van der Waals surface area (Å²) >= 11 is 7.54. The van der Waals surface area contributed by atoms with Crippen molar-refractivity contribution < 1.29 is 4.74 Å². The van der Waals surface area contributed by atoms with Crippen molar-refractivity contribution in [3.63, 3.8) is 0 Å². The minimum Gasteiger partial charge on any atom is -0.378 e. The summed E-state index contributed by atoms with van der Waals surface area (Å²) in [6.07, 6.45) is 3.43. The standard InChI is InChI=1S/C12H18ClNOS/c1-2-11-9(5-6-15-11)10(14)7-8-3-4-12(13)16-8/h3-4,9-11H,2,5-7,14H2,1H3. The van der Waals surface area contributed by atoms with Gasteiger partial charge in [-0.25, -0.2) is 0 Å². The van der Waals surface area contributed by atoms with Crippen molar-refractivity contribution in [2.75, 3.05) is 6.61 Å². The number of hydrogen-bond acceptors (Lipinski definition) is 3. The molecule has 0 aromatic carbocycles. The molecule has 0 saturated carbocycles. The molecule has 0 amide bonds. The first-order valence-corrected chi connectivity index (χ1v) is 7.01. The maximum Gasteiger partial charge on any atom is 0.0931 e.